The number of thiazole rings is 1. The average Bonchev–Trinajstić information content (AvgIpc) is 3.13. The number of rotatable bonds is 5. The van der Waals surface area contributed by atoms with Crippen LogP contribution in [0.2, 0.25) is 0 Å². The number of carbonyl (C=O) groups excluding carboxylic acids is 3. The van der Waals surface area contributed by atoms with Crippen molar-refractivity contribution in [3.8, 4) is 0 Å². The molecule has 3 rings (SSSR count). The van der Waals surface area contributed by atoms with E-state index in [9.17, 15) is 19.2 Å². The van der Waals surface area contributed by atoms with E-state index < -0.39 is 17.6 Å². The van der Waals surface area contributed by atoms with Gasteiger partial charge in [-0.3, -0.25) is 14.2 Å². The van der Waals surface area contributed by atoms with Crippen LogP contribution in [0.4, 0.5) is 5.13 Å². The number of methoxy groups -OCH3 is 1. The van der Waals surface area contributed by atoms with Crippen LogP contribution in [0.3, 0.4) is 0 Å². The van der Waals surface area contributed by atoms with Crippen molar-refractivity contribution in [2.24, 2.45) is 0 Å². The van der Waals surface area contributed by atoms with E-state index in [1.165, 1.54) is 20.1 Å². The summed E-state index contributed by atoms with van der Waals surface area (Å²) < 4.78 is 10.9. The molecule has 10 heteroatoms. The maximum Gasteiger partial charge on any atom is 0.420 e. The molecule has 1 N–H and O–H groups in total. The van der Waals surface area contributed by atoms with Crippen LogP contribution in [0.5, 0.6) is 0 Å². The fourth-order valence-corrected chi connectivity index (χ4v) is 3.37. The highest BCUT2D eigenvalue weighted by Gasteiger charge is 2.18. The van der Waals surface area contributed by atoms with E-state index in [4.69, 9.17) is 4.42 Å². The predicted octanol–water partition coefficient (Wildman–Crippen LogP) is 1.99. The lowest BCUT2D eigenvalue weighted by Crippen LogP contribution is -2.24. The Hall–Kier alpha value is -3.27. The number of esters is 1. The maximum absolute atomic E-state index is 12.3. The van der Waals surface area contributed by atoms with Crippen molar-refractivity contribution < 1.29 is 23.5 Å². The van der Waals surface area contributed by atoms with E-state index in [1.54, 1.807) is 19.1 Å². The Morgan fingerprint density at radius 3 is 2.74 bits per heavy atom. The molecule has 9 nitrogen and oxygen atoms in total. The third-order valence-electron chi connectivity index (χ3n) is 3.79. The summed E-state index contributed by atoms with van der Waals surface area (Å²) in [6, 6.07) is 4.56. The molecule has 2 heterocycles. The number of nitrogens with zero attached hydrogens (tertiary/aromatic N) is 2. The lowest BCUT2D eigenvalue weighted by molar-refractivity contribution is -0.116. The highest BCUT2D eigenvalue weighted by molar-refractivity contribution is 7.17. The number of benzene rings is 1. The van der Waals surface area contributed by atoms with Crippen molar-refractivity contribution in [1.29, 1.82) is 0 Å². The Bertz CT molecular complexity index is 1120. The molecule has 0 unspecified atom stereocenters. The van der Waals surface area contributed by atoms with Crippen LogP contribution in [-0.2, 0) is 16.1 Å². The van der Waals surface area contributed by atoms with Gasteiger partial charge in [-0.25, -0.2) is 14.6 Å². The summed E-state index contributed by atoms with van der Waals surface area (Å²) in [5.74, 6) is -1.93. The number of fused-ring (bicyclic) bond motifs is 1. The molecule has 1 aromatic carbocycles. The lowest BCUT2D eigenvalue weighted by Gasteiger charge is -2.03. The standard InChI is InChI=1S/C17H15N3O6S/c1-8-14(15(23)25-3)27-16(18-8)19-13(22)7-20-11-5-4-10(9(2)21)6-12(11)26-17(20)24/h4-6H,7H2,1-3H3,(H,18,19,22). The molecule has 0 aliphatic heterocycles. The molecule has 3 aromatic rings. The van der Waals surface area contributed by atoms with Gasteiger partial charge in [0, 0.05) is 5.56 Å². The first-order valence-electron chi connectivity index (χ1n) is 7.80. The molecule has 0 saturated heterocycles. The number of amides is 1. The van der Waals surface area contributed by atoms with Gasteiger partial charge in [-0.15, -0.1) is 0 Å². The summed E-state index contributed by atoms with van der Waals surface area (Å²) in [6.07, 6.45) is 0. The molecule has 0 spiro atoms. The topological polar surface area (TPSA) is 121 Å². The largest absolute Gasteiger partial charge is 0.465 e. The molecular weight excluding hydrogens is 374 g/mol. The van der Waals surface area contributed by atoms with Gasteiger partial charge >= 0.3 is 11.7 Å². The van der Waals surface area contributed by atoms with Gasteiger partial charge in [0.25, 0.3) is 0 Å². The third kappa shape index (κ3) is 3.65. The number of aryl methyl sites for hydroxylation is 1. The zero-order valence-electron chi connectivity index (χ0n) is 14.7. The number of hydrogen-bond donors (Lipinski definition) is 1. The predicted molar refractivity (Wildman–Crippen MR) is 97.3 cm³/mol. The van der Waals surface area contributed by atoms with Gasteiger partial charge in [-0.1, -0.05) is 11.3 Å². The van der Waals surface area contributed by atoms with Gasteiger partial charge in [-0.05, 0) is 32.0 Å². The Labute approximate surface area is 156 Å². The second kappa shape index (κ2) is 7.16. The fraction of sp³-hybridized carbons (Fsp3) is 0.235. The van der Waals surface area contributed by atoms with E-state index in [0.29, 0.717) is 16.8 Å². The van der Waals surface area contributed by atoms with Gasteiger partial charge in [0.1, 0.15) is 11.4 Å². The normalized spacial score (nSPS) is 10.8. The number of ketones is 1. The highest BCUT2D eigenvalue weighted by atomic mass is 32.1. The fourth-order valence-electron chi connectivity index (χ4n) is 2.47. The van der Waals surface area contributed by atoms with Crippen LogP contribution >= 0.6 is 11.3 Å². The molecule has 0 radical (unpaired) electrons. The van der Waals surface area contributed by atoms with Crippen molar-refractivity contribution in [3.05, 3.63) is 44.9 Å². The Morgan fingerprint density at radius 2 is 2.07 bits per heavy atom. The minimum atomic E-state index is -0.716. The molecule has 27 heavy (non-hydrogen) atoms. The zero-order chi connectivity index (χ0) is 19.7. The molecule has 0 fully saturated rings. The maximum atomic E-state index is 12.3. The SMILES string of the molecule is COC(=O)c1sc(NC(=O)Cn2c(=O)oc3cc(C(C)=O)ccc32)nc1C. The monoisotopic (exact) mass is 389 g/mol. The second-order valence-corrected chi connectivity index (χ2v) is 6.67. The summed E-state index contributed by atoms with van der Waals surface area (Å²) in [7, 11) is 1.26. The van der Waals surface area contributed by atoms with Crippen molar-refractivity contribution in [1.82, 2.24) is 9.55 Å². The second-order valence-electron chi connectivity index (χ2n) is 5.67. The molecule has 0 saturated carbocycles. The molecule has 140 valence electrons. The van der Waals surface area contributed by atoms with Crippen LogP contribution in [0.1, 0.15) is 32.6 Å². The first kappa shape index (κ1) is 18.5. The Balaban J connectivity index is 1.82. The zero-order valence-corrected chi connectivity index (χ0v) is 15.5. The lowest BCUT2D eigenvalue weighted by atomic mass is 10.1. The summed E-state index contributed by atoms with van der Waals surface area (Å²) in [6.45, 7) is 2.72. The summed E-state index contributed by atoms with van der Waals surface area (Å²) >= 11 is 0.980. The van der Waals surface area contributed by atoms with Gasteiger partial charge in [0.2, 0.25) is 5.91 Å². The molecular formula is C17H15N3O6S. The van der Waals surface area contributed by atoms with E-state index in [1.807, 2.05) is 0 Å². The quantitative estimate of drug-likeness (QED) is 0.523. The van der Waals surface area contributed by atoms with Crippen LogP contribution in [0.25, 0.3) is 11.1 Å². The van der Waals surface area contributed by atoms with Crippen molar-refractivity contribution in [2.75, 3.05) is 12.4 Å². The van der Waals surface area contributed by atoms with Gasteiger partial charge in [0.05, 0.1) is 18.3 Å². The van der Waals surface area contributed by atoms with Gasteiger partial charge in [-0.2, -0.15) is 0 Å². The van der Waals surface area contributed by atoms with E-state index >= 15 is 0 Å². The summed E-state index contributed by atoms with van der Waals surface area (Å²) in [5.41, 5.74) is 1.45. The van der Waals surface area contributed by atoms with Crippen molar-refractivity contribution in [2.45, 2.75) is 20.4 Å². The highest BCUT2D eigenvalue weighted by Crippen LogP contribution is 2.23. The minimum absolute atomic E-state index is 0.161. The van der Waals surface area contributed by atoms with E-state index in [0.717, 1.165) is 15.9 Å². The van der Waals surface area contributed by atoms with Crippen LogP contribution in [-0.4, -0.2) is 34.3 Å². The molecule has 2 aromatic heterocycles. The number of nitrogens with one attached hydrogen (secondary N) is 1. The third-order valence-corrected chi connectivity index (χ3v) is 4.84. The number of hydrogen-bond acceptors (Lipinski definition) is 8. The number of aromatic nitrogens is 2. The first-order valence-corrected chi connectivity index (χ1v) is 8.61. The molecule has 0 aliphatic rings. The molecule has 0 aliphatic carbocycles. The molecule has 0 atom stereocenters. The van der Waals surface area contributed by atoms with Crippen LogP contribution in [0.15, 0.2) is 27.4 Å². The summed E-state index contributed by atoms with van der Waals surface area (Å²) in [5, 5.41) is 2.77. The van der Waals surface area contributed by atoms with Gasteiger partial charge in [0.15, 0.2) is 16.5 Å². The Morgan fingerprint density at radius 1 is 1.33 bits per heavy atom. The smallest absolute Gasteiger partial charge is 0.420 e. The van der Waals surface area contributed by atoms with Gasteiger partial charge < -0.3 is 14.5 Å². The molecule has 0 bridgehead atoms. The average molecular weight is 389 g/mol. The number of carbonyl (C=O) groups is 3. The van der Waals surface area contributed by atoms with Crippen LogP contribution in [0, 0.1) is 6.92 Å². The van der Waals surface area contributed by atoms with Crippen LogP contribution < -0.4 is 11.1 Å². The number of ether oxygens (including phenoxy) is 1. The summed E-state index contributed by atoms with van der Waals surface area (Å²) in [4.78, 5) is 51.8. The van der Waals surface area contributed by atoms with E-state index in [-0.39, 0.29) is 27.9 Å². The van der Waals surface area contributed by atoms with Crippen molar-refractivity contribution >= 4 is 45.2 Å². The minimum Gasteiger partial charge on any atom is -0.465 e. The Kier molecular flexibility index (Phi) is 4.91. The first-order chi connectivity index (χ1) is 12.8. The number of anilines is 1. The van der Waals surface area contributed by atoms with Crippen molar-refractivity contribution in [3.63, 3.8) is 0 Å². The number of oxazole rings is 1. The van der Waals surface area contributed by atoms with E-state index in [2.05, 4.69) is 15.0 Å². The number of Topliss-reactive ketones (excluding diaryl/α,β-unsaturated/α-hetero) is 1. The molecule has 1 amide bonds.